The van der Waals surface area contributed by atoms with Crippen molar-refractivity contribution in [2.75, 3.05) is 13.6 Å². The second-order valence-electron chi connectivity index (χ2n) is 5.90. The van der Waals surface area contributed by atoms with Crippen LogP contribution in [0.5, 0.6) is 0 Å². The minimum Gasteiger partial charge on any atom is -0.480 e. The normalized spacial score (nSPS) is 21.3. The minimum atomic E-state index is -0.893. The zero-order valence-corrected chi connectivity index (χ0v) is 13.5. The van der Waals surface area contributed by atoms with Crippen molar-refractivity contribution < 1.29 is 14.7 Å². The standard InChI is InChI=1S/C15H22N4O4/c1-4-12-16-8(2)10(14(21)18-12)6-13(20)17-9-5-11(15(22)23)19(3)7-9/h9,11H,4-7H2,1-3H3,(H,17,20)(H,22,23)(H,16,18,21)/t9-,11-/m0/s1. The molecule has 2 heterocycles. The van der Waals surface area contributed by atoms with Gasteiger partial charge in [-0.15, -0.1) is 0 Å². The maximum absolute atomic E-state index is 12.2. The zero-order chi connectivity index (χ0) is 17.1. The molecule has 1 aromatic heterocycles. The van der Waals surface area contributed by atoms with Crippen molar-refractivity contribution in [2.45, 2.75) is 45.2 Å². The second-order valence-corrected chi connectivity index (χ2v) is 5.90. The molecule has 3 N–H and O–H groups in total. The Kier molecular flexibility index (Phi) is 5.15. The Labute approximate surface area is 133 Å². The molecule has 23 heavy (non-hydrogen) atoms. The average molecular weight is 322 g/mol. The molecule has 0 spiro atoms. The molecular weight excluding hydrogens is 300 g/mol. The van der Waals surface area contributed by atoms with Gasteiger partial charge in [0.05, 0.1) is 6.42 Å². The fraction of sp³-hybridized carbons (Fsp3) is 0.600. The average Bonchev–Trinajstić information content (AvgIpc) is 2.83. The molecule has 0 radical (unpaired) electrons. The number of hydrogen-bond donors (Lipinski definition) is 3. The third-order valence-corrected chi connectivity index (χ3v) is 4.14. The van der Waals surface area contributed by atoms with Gasteiger partial charge in [-0.3, -0.25) is 19.3 Å². The smallest absolute Gasteiger partial charge is 0.320 e. The number of rotatable bonds is 5. The molecule has 1 aliphatic rings. The van der Waals surface area contributed by atoms with Crippen LogP contribution in [0.15, 0.2) is 4.79 Å². The first kappa shape index (κ1) is 17.1. The Morgan fingerprint density at radius 3 is 2.70 bits per heavy atom. The van der Waals surface area contributed by atoms with E-state index in [-0.39, 0.29) is 23.9 Å². The molecule has 1 aliphatic heterocycles. The van der Waals surface area contributed by atoms with Crippen molar-refractivity contribution in [3.05, 3.63) is 27.4 Å². The summed E-state index contributed by atoms with van der Waals surface area (Å²) in [6.45, 7) is 4.07. The monoisotopic (exact) mass is 322 g/mol. The molecule has 0 aromatic carbocycles. The van der Waals surface area contributed by atoms with E-state index < -0.39 is 12.0 Å². The van der Waals surface area contributed by atoms with Crippen molar-refractivity contribution in [1.82, 2.24) is 20.2 Å². The second kappa shape index (κ2) is 6.91. The van der Waals surface area contributed by atoms with Crippen LogP contribution < -0.4 is 10.9 Å². The molecule has 8 heteroatoms. The van der Waals surface area contributed by atoms with Gasteiger partial charge in [-0.1, -0.05) is 6.92 Å². The van der Waals surface area contributed by atoms with Crippen molar-refractivity contribution in [2.24, 2.45) is 0 Å². The highest BCUT2D eigenvalue weighted by atomic mass is 16.4. The van der Waals surface area contributed by atoms with E-state index in [0.717, 1.165) is 0 Å². The van der Waals surface area contributed by atoms with Crippen LogP contribution in [-0.4, -0.2) is 57.5 Å². The Balaban J connectivity index is 2.01. The van der Waals surface area contributed by atoms with Gasteiger partial charge in [0.25, 0.3) is 5.56 Å². The lowest BCUT2D eigenvalue weighted by molar-refractivity contribution is -0.141. The number of hydrogen-bond acceptors (Lipinski definition) is 5. The number of carbonyl (C=O) groups excluding carboxylic acids is 1. The van der Waals surface area contributed by atoms with Gasteiger partial charge in [0.15, 0.2) is 0 Å². The van der Waals surface area contributed by atoms with E-state index in [1.165, 1.54) is 0 Å². The van der Waals surface area contributed by atoms with Gasteiger partial charge >= 0.3 is 5.97 Å². The van der Waals surface area contributed by atoms with Crippen LogP contribution in [0, 0.1) is 6.92 Å². The maximum atomic E-state index is 12.2. The van der Waals surface area contributed by atoms with Crippen LogP contribution in [0.3, 0.4) is 0 Å². The zero-order valence-electron chi connectivity index (χ0n) is 13.5. The summed E-state index contributed by atoms with van der Waals surface area (Å²) in [6, 6.07) is -0.813. The quantitative estimate of drug-likeness (QED) is 0.670. The van der Waals surface area contributed by atoms with E-state index in [0.29, 0.717) is 36.5 Å². The van der Waals surface area contributed by atoms with E-state index in [9.17, 15) is 14.4 Å². The van der Waals surface area contributed by atoms with E-state index >= 15 is 0 Å². The van der Waals surface area contributed by atoms with E-state index in [1.54, 1.807) is 18.9 Å². The maximum Gasteiger partial charge on any atom is 0.320 e. The lowest BCUT2D eigenvalue weighted by Gasteiger charge is -2.13. The van der Waals surface area contributed by atoms with Gasteiger partial charge in [0.2, 0.25) is 5.91 Å². The van der Waals surface area contributed by atoms with E-state index in [2.05, 4.69) is 15.3 Å². The number of carbonyl (C=O) groups is 2. The Hall–Kier alpha value is -2.22. The summed E-state index contributed by atoms with van der Waals surface area (Å²) in [7, 11) is 1.72. The predicted octanol–water partition coefficient (Wildman–Crippen LogP) is -0.543. The summed E-state index contributed by atoms with van der Waals surface area (Å²) < 4.78 is 0. The molecule has 2 rings (SSSR count). The van der Waals surface area contributed by atoms with E-state index in [1.807, 2.05) is 6.92 Å². The van der Waals surface area contributed by atoms with Gasteiger partial charge < -0.3 is 15.4 Å². The molecule has 0 bridgehead atoms. The number of aromatic amines is 1. The minimum absolute atomic E-state index is 0.0594. The number of aryl methyl sites for hydroxylation is 2. The highest BCUT2D eigenvalue weighted by Gasteiger charge is 2.35. The number of amides is 1. The van der Waals surface area contributed by atoms with Crippen LogP contribution in [0.1, 0.15) is 30.4 Å². The van der Waals surface area contributed by atoms with Crippen LogP contribution in [-0.2, 0) is 22.4 Å². The highest BCUT2D eigenvalue weighted by Crippen LogP contribution is 2.16. The topological polar surface area (TPSA) is 115 Å². The number of aromatic nitrogens is 2. The van der Waals surface area contributed by atoms with E-state index in [4.69, 9.17) is 5.11 Å². The van der Waals surface area contributed by atoms with Gasteiger partial charge in [-0.25, -0.2) is 4.98 Å². The fourth-order valence-corrected chi connectivity index (χ4v) is 2.88. The van der Waals surface area contributed by atoms with Gasteiger partial charge in [-0.05, 0) is 20.4 Å². The summed E-state index contributed by atoms with van der Waals surface area (Å²) in [6.07, 6.45) is 0.920. The summed E-state index contributed by atoms with van der Waals surface area (Å²) in [5.41, 5.74) is 0.602. The number of aliphatic carboxylic acids is 1. The molecule has 0 saturated carbocycles. The third-order valence-electron chi connectivity index (χ3n) is 4.14. The third kappa shape index (κ3) is 3.95. The highest BCUT2D eigenvalue weighted by molar-refractivity contribution is 5.79. The number of likely N-dealkylation sites (tertiary alicyclic amines) is 1. The SMILES string of the molecule is CCc1nc(C)c(CC(=O)N[C@H]2C[C@@H](C(=O)O)N(C)C2)c(=O)[nH]1. The Morgan fingerprint density at radius 2 is 2.17 bits per heavy atom. The van der Waals surface area contributed by atoms with Crippen LogP contribution >= 0.6 is 0 Å². The van der Waals surface area contributed by atoms with Crippen LogP contribution in [0.4, 0.5) is 0 Å². The van der Waals surface area contributed by atoms with Gasteiger partial charge in [0, 0.05) is 30.3 Å². The van der Waals surface area contributed by atoms with Crippen molar-refractivity contribution in [3.63, 3.8) is 0 Å². The van der Waals surface area contributed by atoms with Crippen molar-refractivity contribution in [3.8, 4) is 0 Å². The number of carboxylic acid groups (broad SMARTS) is 1. The van der Waals surface area contributed by atoms with Crippen molar-refractivity contribution in [1.29, 1.82) is 0 Å². The fourth-order valence-electron chi connectivity index (χ4n) is 2.88. The largest absolute Gasteiger partial charge is 0.480 e. The van der Waals surface area contributed by atoms with Gasteiger partial charge in [0.1, 0.15) is 11.9 Å². The predicted molar refractivity (Wildman–Crippen MR) is 83.3 cm³/mol. The summed E-state index contributed by atoms with van der Waals surface area (Å²) in [5.74, 6) is -0.594. The number of nitrogens with zero attached hydrogens (tertiary/aromatic N) is 2. The Bertz CT molecular complexity index is 670. The summed E-state index contributed by atoms with van der Waals surface area (Å²) in [4.78, 5) is 43.9. The number of likely N-dealkylation sites (N-methyl/N-ethyl adjacent to an activating group) is 1. The molecule has 1 aromatic rings. The summed E-state index contributed by atoms with van der Waals surface area (Å²) >= 11 is 0. The first-order chi connectivity index (χ1) is 10.8. The molecule has 126 valence electrons. The first-order valence-electron chi connectivity index (χ1n) is 7.62. The van der Waals surface area contributed by atoms with Crippen molar-refractivity contribution >= 4 is 11.9 Å². The lowest BCUT2D eigenvalue weighted by atomic mass is 10.1. The van der Waals surface area contributed by atoms with Crippen LogP contribution in [0.25, 0.3) is 0 Å². The number of carboxylic acids is 1. The number of H-pyrrole nitrogens is 1. The number of nitrogens with one attached hydrogen (secondary N) is 2. The van der Waals surface area contributed by atoms with Gasteiger partial charge in [-0.2, -0.15) is 0 Å². The molecule has 8 nitrogen and oxygen atoms in total. The Morgan fingerprint density at radius 1 is 1.48 bits per heavy atom. The molecule has 1 fully saturated rings. The molecule has 1 amide bonds. The molecule has 1 saturated heterocycles. The molecular formula is C15H22N4O4. The molecule has 0 aliphatic carbocycles. The lowest BCUT2D eigenvalue weighted by Crippen LogP contribution is -2.38. The molecule has 0 unspecified atom stereocenters. The summed E-state index contributed by atoms with van der Waals surface area (Å²) in [5, 5.41) is 11.9. The molecule has 2 atom stereocenters. The first-order valence-corrected chi connectivity index (χ1v) is 7.62. The van der Waals surface area contributed by atoms with Crippen LogP contribution in [0.2, 0.25) is 0 Å².